The number of nitrogens with one attached hydrogen (secondary N) is 1. The average molecular weight is 353 g/mol. The zero-order valence-electron chi connectivity index (χ0n) is 14.1. The number of rotatable bonds is 4. The van der Waals surface area contributed by atoms with Crippen molar-refractivity contribution in [3.8, 4) is 23.0 Å². The number of esters is 1. The quantitative estimate of drug-likeness (QED) is 0.565. The fourth-order valence-corrected chi connectivity index (χ4v) is 2.71. The van der Waals surface area contributed by atoms with Gasteiger partial charge >= 0.3 is 5.97 Å². The van der Waals surface area contributed by atoms with E-state index < -0.39 is 5.97 Å². The molecule has 1 N–H and O–H groups in total. The number of para-hydroxylation sites is 1. The van der Waals surface area contributed by atoms with Crippen LogP contribution in [0.5, 0.6) is 23.0 Å². The summed E-state index contributed by atoms with van der Waals surface area (Å²) in [5.74, 6) is 2.08. The summed E-state index contributed by atoms with van der Waals surface area (Å²) in [4.78, 5) is 19.9. The van der Waals surface area contributed by atoms with Crippen LogP contribution in [-0.4, -0.2) is 29.8 Å². The van der Waals surface area contributed by atoms with Crippen LogP contribution in [0.15, 0.2) is 36.7 Å². The molecule has 1 aliphatic rings. The van der Waals surface area contributed by atoms with Crippen LogP contribution in [-0.2, 0) is 4.79 Å². The minimum Gasteiger partial charge on any atom is -0.493 e. The molecule has 8 nitrogen and oxygen atoms in total. The van der Waals surface area contributed by atoms with Crippen LogP contribution in [0.3, 0.4) is 0 Å². The number of benzene rings is 2. The van der Waals surface area contributed by atoms with Gasteiger partial charge in [0.2, 0.25) is 6.79 Å². The Morgan fingerprint density at radius 1 is 1.19 bits per heavy atom. The number of carbonyl (C=O) groups is 1. The fraction of sp³-hybridized carbons (Fsp3) is 0.167. The van der Waals surface area contributed by atoms with Crippen LogP contribution in [0.4, 0.5) is 11.5 Å². The topological polar surface area (TPSA) is 91.8 Å². The molecule has 0 saturated heterocycles. The van der Waals surface area contributed by atoms with E-state index in [-0.39, 0.29) is 6.79 Å². The van der Waals surface area contributed by atoms with Crippen LogP contribution in [0.1, 0.15) is 6.92 Å². The van der Waals surface area contributed by atoms with E-state index in [1.807, 2.05) is 18.2 Å². The van der Waals surface area contributed by atoms with Gasteiger partial charge in [0, 0.05) is 18.4 Å². The number of fused-ring (bicyclic) bond motifs is 2. The molecule has 0 unspecified atom stereocenters. The number of aromatic nitrogens is 2. The average Bonchev–Trinajstić information content (AvgIpc) is 3.11. The number of carbonyl (C=O) groups excluding carboxylic acids is 1. The van der Waals surface area contributed by atoms with Gasteiger partial charge in [-0.1, -0.05) is 6.07 Å². The highest BCUT2D eigenvalue weighted by Crippen LogP contribution is 2.41. The molecule has 2 aromatic carbocycles. The van der Waals surface area contributed by atoms with E-state index in [0.29, 0.717) is 45.4 Å². The molecule has 0 aliphatic carbocycles. The van der Waals surface area contributed by atoms with Gasteiger partial charge in [0.1, 0.15) is 12.1 Å². The van der Waals surface area contributed by atoms with Gasteiger partial charge in [0.15, 0.2) is 23.0 Å². The molecule has 0 bridgehead atoms. The number of ether oxygens (including phenoxy) is 4. The van der Waals surface area contributed by atoms with Crippen molar-refractivity contribution < 1.29 is 23.7 Å². The molecule has 0 amide bonds. The van der Waals surface area contributed by atoms with Crippen LogP contribution in [0, 0.1) is 0 Å². The molecule has 8 heteroatoms. The number of nitrogens with zero attached hydrogens (tertiary/aromatic N) is 2. The first kappa shape index (κ1) is 15.9. The van der Waals surface area contributed by atoms with E-state index in [0.717, 1.165) is 0 Å². The van der Waals surface area contributed by atoms with Gasteiger partial charge in [0.05, 0.1) is 18.3 Å². The van der Waals surface area contributed by atoms with Gasteiger partial charge in [-0.05, 0) is 18.2 Å². The van der Waals surface area contributed by atoms with Crippen molar-refractivity contribution in [1.82, 2.24) is 9.97 Å². The molecule has 0 spiro atoms. The van der Waals surface area contributed by atoms with Crippen LogP contribution >= 0.6 is 0 Å². The maximum Gasteiger partial charge on any atom is 0.308 e. The Hall–Kier alpha value is -3.55. The van der Waals surface area contributed by atoms with E-state index in [1.54, 1.807) is 12.1 Å². The predicted molar refractivity (Wildman–Crippen MR) is 93.2 cm³/mol. The summed E-state index contributed by atoms with van der Waals surface area (Å²) >= 11 is 0. The van der Waals surface area contributed by atoms with Crippen molar-refractivity contribution in [2.45, 2.75) is 6.92 Å². The highest BCUT2D eigenvalue weighted by Gasteiger charge is 2.19. The Bertz CT molecular complexity index is 1010. The van der Waals surface area contributed by atoms with Crippen molar-refractivity contribution in [2.75, 3.05) is 19.2 Å². The molecule has 1 aromatic heterocycles. The second-order valence-electron chi connectivity index (χ2n) is 5.50. The molecule has 4 rings (SSSR count). The highest BCUT2D eigenvalue weighted by atomic mass is 16.7. The van der Waals surface area contributed by atoms with Gasteiger partial charge in [-0.2, -0.15) is 0 Å². The lowest BCUT2D eigenvalue weighted by Gasteiger charge is -2.13. The van der Waals surface area contributed by atoms with E-state index in [9.17, 15) is 4.79 Å². The van der Waals surface area contributed by atoms with Crippen LogP contribution in [0.2, 0.25) is 0 Å². The van der Waals surface area contributed by atoms with Crippen molar-refractivity contribution in [3.05, 3.63) is 36.7 Å². The molecule has 2 heterocycles. The van der Waals surface area contributed by atoms with Gasteiger partial charge in [0.25, 0.3) is 0 Å². The Kier molecular flexibility index (Phi) is 3.92. The monoisotopic (exact) mass is 353 g/mol. The smallest absolute Gasteiger partial charge is 0.308 e. The molecule has 0 atom stereocenters. The van der Waals surface area contributed by atoms with Crippen molar-refractivity contribution in [3.63, 3.8) is 0 Å². The molecule has 3 aromatic rings. The van der Waals surface area contributed by atoms with Crippen LogP contribution < -0.4 is 24.3 Å². The van der Waals surface area contributed by atoms with Crippen molar-refractivity contribution in [1.29, 1.82) is 0 Å². The summed E-state index contributed by atoms with van der Waals surface area (Å²) in [5, 5.41) is 3.90. The fourth-order valence-electron chi connectivity index (χ4n) is 2.71. The lowest BCUT2D eigenvalue weighted by Crippen LogP contribution is -2.04. The predicted octanol–water partition coefficient (Wildman–Crippen LogP) is 3.04. The number of anilines is 2. The molecule has 0 saturated carbocycles. The molecule has 132 valence electrons. The van der Waals surface area contributed by atoms with Crippen molar-refractivity contribution in [2.24, 2.45) is 0 Å². The molecule has 0 fully saturated rings. The van der Waals surface area contributed by atoms with E-state index in [4.69, 9.17) is 18.9 Å². The molecule has 26 heavy (non-hydrogen) atoms. The second kappa shape index (κ2) is 6.40. The lowest BCUT2D eigenvalue weighted by molar-refractivity contribution is -0.132. The van der Waals surface area contributed by atoms with Gasteiger partial charge < -0.3 is 24.3 Å². The highest BCUT2D eigenvalue weighted by molar-refractivity contribution is 5.94. The lowest BCUT2D eigenvalue weighted by atomic mass is 10.2. The summed E-state index contributed by atoms with van der Waals surface area (Å²) in [6.45, 7) is 1.50. The first-order valence-electron chi connectivity index (χ1n) is 7.82. The third-order valence-corrected chi connectivity index (χ3v) is 3.82. The van der Waals surface area contributed by atoms with Crippen molar-refractivity contribution >= 4 is 28.4 Å². The third kappa shape index (κ3) is 2.81. The Morgan fingerprint density at radius 3 is 2.88 bits per heavy atom. The molecule has 1 aliphatic heterocycles. The van der Waals surface area contributed by atoms with Gasteiger partial charge in [-0.15, -0.1) is 0 Å². The van der Waals surface area contributed by atoms with E-state index in [2.05, 4.69) is 15.3 Å². The zero-order valence-corrected chi connectivity index (χ0v) is 14.1. The summed E-state index contributed by atoms with van der Waals surface area (Å²) in [7, 11) is 1.50. The number of hydrogen-bond donors (Lipinski definition) is 1. The standard InChI is InChI=1S/C18H15N3O5/c1-10(22)26-16-6-11-13(7-15(16)23-2)19-8-20-18(11)21-12-4-3-5-14-17(12)25-9-24-14/h3-8H,9H2,1-2H3,(H,19,20,21). The molecular formula is C18H15N3O5. The summed E-state index contributed by atoms with van der Waals surface area (Å²) in [6, 6.07) is 8.90. The Balaban J connectivity index is 1.80. The first-order chi connectivity index (χ1) is 12.7. The maximum absolute atomic E-state index is 11.4. The SMILES string of the molecule is COc1cc2ncnc(Nc3cccc4c3OCO4)c2cc1OC(C)=O. The maximum atomic E-state index is 11.4. The molecular weight excluding hydrogens is 338 g/mol. The summed E-state index contributed by atoms with van der Waals surface area (Å²) in [6.07, 6.45) is 1.44. The number of methoxy groups -OCH3 is 1. The second-order valence-corrected chi connectivity index (χ2v) is 5.50. The van der Waals surface area contributed by atoms with Gasteiger partial charge in [-0.3, -0.25) is 4.79 Å². The van der Waals surface area contributed by atoms with E-state index >= 15 is 0 Å². The first-order valence-corrected chi connectivity index (χ1v) is 7.82. The largest absolute Gasteiger partial charge is 0.493 e. The van der Waals surface area contributed by atoms with E-state index in [1.165, 1.54) is 20.4 Å². The molecule has 0 radical (unpaired) electrons. The summed E-state index contributed by atoms with van der Waals surface area (Å²) < 4.78 is 21.4. The van der Waals surface area contributed by atoms with Gasteiger partial charge in [-0.25, -0.2) is 9.97 Å². The minimum absolute atomic E-state index is 0.173. The number of hydrogen-bond acceptors (Lipinski definition) is 8. The Labute approximate surface area is 148 Å². The normalized spacial score (nSPS) is 12.1. The minimum atomic E-state index is -0.444. The summed E-state index contributed by atoms with van der Waals surface area (Å²) in [5.41, 5.74) is 1.35. The van der Waals surface area contributed by atoms with Crippen LogP contribution in [0.25, 0.3) is 10.9 Å². The third-order valence-electron chi connectivity index (χ3n) is 3.82. The Morgan fingerprint density at radius 2 is 2.08 bits per heavy atom. The zero-order chi connectivity index (χ0) is 18.1.